The number of ketones is 1. The Hall–Kier alpha value is -2.62. The van der Waals surface area contributed by atoms with Gasteiger partial charge >= 0.3 is 0 Å². The lowest BCUT2D eigenvalue weighted by Gasteiger charge is -2.03. The fraction of sp³-hybridized carbons (Fsp3) is 0.118. The van der Waals surface area contributed by atoms with E-state index in [4.69, 9.17) is 9.15 Å². The van der Waals surface area contributed by atoms with E-state index >= 15 is 0 Å². The van der Waals surface area contributed by atoms with Crippen LogP contribution >= 0.6 is 0 Å². The molecule has 0 bridgehead atoms. The maximum atomic E-state index is 13.7. The maximum absolute atomic E-state index is 13.7. The SMILES string of the molecule is COc1ccc(C(=O)c2cc3cccc(C)c3o2)cc1F. The van der Waals surface area contributed by atoms with E-state index in [1.54, 1.807) is 6.07 Å². The Balaban J connectivity index is 2.04. The summed E-state index contributed by atoms with van der Waals surface area (Å²) in [4.78, 5) is 12.4. The van der Waals surface area contributed by atoms with E-state index in [2.05, 4.69) is 0 Å². The van der Waals surface area contributed by atoms with E-state index < -0.39 is 5.82 Å². The van der Waals surface area contributed by atoms with Gasteiger partial charge in [-0.2, -0.15) is 0 Å². The molecule has 0 radical (unpaired) electrons. The molecule has 21 heavy (non-hydrogen) atoms. The van der Waals surface area contributed by atoms with Crippen LogP contribution in [0.2, 0.25) is 0 Å². The van der Waals surface area contributed by atoms with E-state index in [0.29, 0.717) is 5.58 Å². The summed E-state index contributed by atoms with van der Waals surface area (Å²) in [7, 11) is 1.38. The van der Waals surface area contributed by atoms with Crippen molar-refractivity contribution in [1.82, 2.24) is 0 Å². The minimum atomic E-state index is -0.573. The molecule has 0 spiro atoms. The first-order valence-electron chi connectivity index (χ1n) is 6.47. The Labute approximate surface area is 120 Å². The van der Waals surface area contributed by atoms with Crippen LogP contribution in [0.4, 0.5) is 4.39 Å². The van der Waals surface area contributed by atoms with Gasteiger partial charge < -0.3 is 9.15 Å². The van der Waals surface area contributed by atoms with E-state index in [1.807, 2.05) is 25.1 Å². The summed E-state index contributed by atoms with van der Waals surface area (Å²) in [5.74, 6) is -0.626. The molecule has 1 heterocycles. The zero-order valence-electron chi connectivity index (χ0n) is 11.6. The average molecular weight is 284 g/mol. The molecule has 3 nitrogen and oxygen atoms in total. The fourth-order valence-corrected chi connectivity index (χ4v) is 2.27. The van der Waals surface area contributed by atoms with Crippen LogP contribution in [-0.2, 0) is 0 Å². The van der Waals surface area contributed by atoms with Crippen molar-refractivity contribution in [2.24, 2.45) is 0 Å². The lowest BCUT2D eigenvalue weighted by molar-refractivity contribution is 0.101. The number of methoxy groups -OCH3 is 1. The number of para-hydroxylation sites is 1. The van der Waals surface area contributed by atoms with Gasteiger partial charge in [-0.05, 0) is 36.8 Å². The Morgan fingerprint density at radius 2 is 2.00 bits per heavy atom. The van der Waals surface area contributed by atoms with E-state index in [0.717, 1.165) is 17.0 Å². The van der Waals surface area contributed by atoms with Crippen molar-refractivity contribution in [3.63, 3.8) is 0 Å². The van der Waals surface area contributed by atoms with E-state index in [9.17, 15) is 9.18 Å². The van der Waals surface area contributed by atoms with Crippen LogP contribution in [0.1, 0.15) is 21.7 Å². The Bertz CT molecular complexity index is 833. The zero-order chi connectivity index (χ0) is 15.0. The summed E-state index contributed by atoms with van der Waals surface area (Å²) in [6, 6.07) is 11.5. The predicted octanol–water partition coefficient (Wildman–Crippen LogP) is 4.12. The van der Waals surface area contributed by atoms with Crippen LogP contribution in [-0.4, -0.2) is 12.9 Å². The summed E-state index contributed by atoms with van der Waals surface area (Å²) in [5.41, 5.74) is 1.85. The first kappa shape index (κ1) is 13.4. The highest BCUT2D eigenvalue weighted by atomic mass is 19.1. The highest BCUT2D eigenvalue weighted by molar-refractivity contribution is 6.09. The number of hydrogen-bond acceptors (Lipinski definition) is 3. The molecule has 3 aromatic rings. The molecule has 0 amide bonds. The molecule has 0 fully saturated rings. The summed E-state index contributed by atoms with van der Waals surface area (Å²) < 4.78 is 24.1. The molecule has 2 aromatic carbocycles. The Morgan fingerprint density at radius 3 is 2.67 bits per heavy atom. The lowest BCUT2D eigenvalue weighted by Crippen LogP contribution is -2.01. The van der Waals surface area contributed by atoms with Gasteiger partial charge in [0, 0.05) is 10.9 Å². The summed E-state index contributed by atoms with van der Waals surface area (Å²) in [6.07, 6.45) is 0. The second-order valence-electron chi connectivity index (χ2n) is 4.78. The number of carbonyl (C=O) groups is 1. The minimum absolute atomic E-state index is 0.104. The van der Waals surface area contributed by atoms with Gasteiger partial charge in [0.1, 0.15) is 5.58 Å². The molecule has 0 aliphatic carbocycles. The average Bonchev–Trinajstić information content (AvgIpc) is 2.92. The molecule has 0 aliphatic rings. The van der Waals surface area contributed by atoms with Crippen molar-refractivity contribution in [2.75, 3.05) is 7.11 Å². The van der Waals surface area contributed by atoms with Gasteiger partial charge in [0.15, 0.2) is 17.3 Å². The van der Waals surface area contributed by atoms with Gasteiger partial charge in [-0.15, -0.1) is 0 Å². The third-order valence-electron chi connectivity index (χ3n) is 3.38. The third-order valence-corrected chi connectivity index (χ3v) is 3.38. The van der Waals surface area contributed by atoms with E-state index in [1.165, 1.54) is 19.2 Å². The molecule has 0 aliphatic heterocycles. The number of rotatable bonds is 3. The second-order valence-corrected chi connectivity index (χ2v) is 4.78. The number of aryl methyl sites for hydroxylation is 1. The van der Waals surface area contributed by atoms with Crippen LogP contribution in [0.15, 0.2) is 46.9 Å². The monoisotopic (exact) mass is 284 g/mol. The fourth-order valence-electron chi connectivity index (χ4n) is 2.27. The quantitative estimate of drug-likeness (QED) is 0.679. The highest BCUT2D eigenvalue weighted by Gasteiger charge is 2.17. The van der Waals surface area contributed by atoms with Gasteiger partial charge in [-0.3, -0.25) is 4.79 Å². The van der Waals surface area contributed by atoms with Crippen molar-refractivity contribution in [2.45, 2.75) is 6.92 Å². The number of halogens is 1. The first-order chi connectivity index (χ1) is 10.1. The topological polar surface area (TPSA) is 39.4 Å². The van der Waals surface area contributed by atoms with Crippen molar-refractivity contribution >= 4 is 16.8 Å². The highest BCUT2D eigenvalue weighted by Crippen LogP contribution is 2.25. The molecule has 0 unspecified atom stereocenters. The van der Waals surface area contributed by atoms with Crippen molar-refractivity contribution in [1.29, 1.82) is 0 Å². The first-order valence-corrected chi connectivity index (χ1v) is 6.47. The predicted molar refractivity (Wildman–Crippen MR) is 77.3 cm³/mol. The number of furan rings is 1. The van der Waals surface area contributed by atoms with Crippen LogP contribution < -0.4 is 4.74 Å². The van der Waals surface area contributed by atoms with Crippen molar-refractivity contribution < 1.29 is 18.3 Å². The molecule has 4 heteroatoms. The van der Waals surface area contributed by atoms with Gasteiger partial charge in [0.25, 0.3) is 0 Å². The summed E-state index contributed by atoms with van der Waals surface area (Å²) in [5, 5.41) is 0.854. The van der Waals surface area contributed by atoms with Crippen molar-refractivity contribution in [3.8, 4) is 5.75 Å². The van der Waals surface area contributed by atoms with Crippen LogP contribution in [0.5, 0.6) is 5.75 Å². The standard InChI is InChI=1S/C17H13FO3/c1-10-4-3-5-12-9-15(21-17(10)12)16(19)11-6-7-14(20-2)13(18)8-11/h3-9H,1-2H3. The molecule has 0 saturated carbocycles. The lowest BCUT2D eigenvalue weighted by atomic mass is 10.1. The summed E-state index contributed by atoms with van der Waals surface area (Å²) in [6.45, 7) is 1.91. The number of ether oxygens (including phenoxy) is 1. The van der Waals surface area contributed by atoms with Gasteiger partial charge in [0.2, 0.25) is 5.78 Å². The molecule has 106 valence electrons. The largest absolute Gasteiger partial charge is 0.494 e. The smallest absolute Gasteiger partial charge is 0.228 e. The molecule has 3 rings (SSSR count). The normalized spacial score (nSPS) is 10.8. The van der Waals surface area contributed by atoms with Gasteiger partial charge in [-0.1, -0.05) is 18.2 Å². The molecule has 1 aromatic heterocycles. The molecular weight excluding hydrogens is 271 g/mol. The van der Waals surface area contributed by atoms with Crippen molar-refractivity contribution in [3.05, 3.63) is 65.2 Å². The molecule has 0 saturated heterocycles. The maximum Gasteiger partial charge on any atom is 0.228 e. The van der Waals surface area contributed by atoms with Gasteiger partial charge in [0.05, 0.1) is 7.11 Å². The second kappa shape index (κ2) is 5.05. The Kier molecular flexibility index (Phi) is 3.22. The zero-order valence-corrected chi connectivity index (χ0v) is 11.6. The Morgan fingerprint density at radius 1 is 1.19 bits per heavy atom. The van der Waals surface area contributed by atoms with E-state index in [-0.39, 0.29) is 22.9 Å². The van der Waals surface area contributed by atoms with Crippen LogP contribution in [0.3, 0.4) is 0 Å². The number of hydrogen-bond donors (Lipinski definition) is 0. The molecule has 0 atom stereocenters. The minimum Gasteiger partial charge on any atom is -0.494 e. The van der Waals surface area contributed by atoms with Crippen LogP contribution in [0, 0.1) is 12.7 Å². The van der Waals surface area contributed by atoms with Crippen LogP contribution in [0.25, 0.3) is 11.0 Å². The summed E-state index contributed by atoms with van der Waals surface area (Å²) >= 11 is 0. The molecular formula is C17H13FO3. The number of benzene rings is 2. The molecule has 0 N–H and O–H groups in total. The van der Waals surface area contributed by atoms with Gasteiger partial charge in [-0.25, -0.2) is 4.39 Å². The third kappa shape index (κ3) is 2.29. The number of carbonyl (C=O) groups excluding carboxylic acids is 1. The number of fused-ring (bicyclic) bond motifs is 1.